The third-order valence-electron chi connectivity index (χ3n) is 6.38. The van der Waals surface area contributed by atoms with Crippen molar-refractivity contribution in [1.82, 2.24) is 7.06 Å². The average molecular weight is 642 g/mol. The molecule has 0 spiro atoms. The molecule has 0 amide bonds. The van der Waals surface area contributed by atoms with Gasteiger partial charge in [-0.25, -0.2) is 0 Å². The maximum atomic E-state index is 13.6. The van der Waals surface area contributed by atoms with Crippen LogP contribution in [0.3, 0.4) is 0 Å². The van der Waals surface area contributed by atoms with Gasteiger partial charge in [-0.2, -0.15) is 0 Å². The van der Waals surface area contributed by atoms with E-state index < -0.39 is 69.3 Å². The van der Waals surface area contributed by atoms with E-state index in [9.17, 15) is 36.2 Å². The van der Waals surface area contributed by atoms with Gasteiger partial charge in [0.1, 0.15) is 0 Å². The summed E-state index contributed by atoms with van der Waals surface area (Å²) in [6, 6.07) is 0. The fraction of sp³-hybridized carbons (Fsp3) is 0.933. The van der Waals surface area contributed by atoms with Gasteiger partial charge in [-0.1, -0.05) is 0 Å². The first-order chi connectivity index (χ1) is 12.6. The number of hydrogen-bond acceptors (Lipinski definition) is 5. The summed E-state index contributed by atoms with van der Waals surface area (Å²) in [5.74, 6) is -2.79. The van der Waals surface area contributed by atoms with Gasteiger partial charge >= 0.3 is 178 Å². The molecule has 2 saturated carbocycles. The molecule has 5 atom stereocenters. The van der Waals surface area contributed by atoms with Crippen molar-refractivity contribution in [2.24, 2.45) is 17.8 Å². The van der Waals surface area contributed by atoms with Crippen molar-refractivity contribution in [2.45, 2.75) is 63.8 Å². The van der Waals surface area contributed by atoms with Gasteiger partial charge in [0.25, 0.3) is 0 Å². The quantitative estimate of drug-likeness (QED) is 0.0813. The van der Waals surface area contributed by atoms with Gasteiger partial charge in [0, 0.05) is 0 Å². The molecule has 4 rings (SSSR count). The van der Waals surface area contributed by atoms with E-state index in [4.69, 9.17) is 4.74 Å². The van der Waals surface area contributed by atoms with E-state index in [0.717, 1.165) is 6.42 Å². The number of esters is 1. The molecule has 0 radical (unpaired) electrons. The van der Waals surface area contributed by atoms with Crippen LogP contribution in [0.25, 0.3) is 0 Å². The number of halogens is 8. The van der Waals surface area contributed by atoms with Crippen LogP contribution in [0.15, 0.2) is 0 Å². The molecule has 2 bridgehead atoms. The number of fused-ring (bicyclic) bond motifs is 3. The van der Waals surface area contributed by atoms with Crippen molar-refractivity contribution < 1.29 is 41.0 Å². The Morgan fingerprint density at radius 2 is 1.71 bits per heavy atom. The number of hydrogen-bond donors (Lipinski definition) is 3. The number of ether oxygens (including phenoxy) is 1. The van der Waals surface area contributed by atoms with Crippen LogP contribution >= 0.6 is 43.0 Å². The molecule has 0 aromatic carbocycles. The summed E-state index contributed by atoms with van der Waals surface area (Å²) >= 11 is -0.0195. The molecule has 0 aromatic heterocycles. The number of carbonyl (C=O) groups is 1. The van der Waals surface area contributed by atoms with Crippen LogP contribution in [0.4, 0.5) is 26.3 Å². The van der Waals surface area contributed by atoms with Crippen molar-refractivity contribution >= 4 is 48.9 Å². The molecule has 2 heterocycles. The Morgan fingerprint density at radius 1 is 1.18 bits per heavy atom. The van der Waals surface area contributed by atoms with Gasteiger partial charge in [-0.05, 0) is 0 Å². The molecule has 2 aliphatic carbocycles. The van der Waals surface area contributed by atoms with E-state index in [0.29, 0.717) is 12.8 Å². The summed E-state index contributed by atoms with van der Waals surface area (Å²) in [4.78, 5) is 12.7. The van der Waals surface area contributed by atoms with Crippen LogP contribution in [0, 0.1) is 17.8 Å². The maximum absolute atomic E-state index is 13.6. The van der Waals surface area contributed by atoms with Crippen molar-refractivity contribution in [1.29, 1.82) is 0 Å². The van der Waals surface area contributed by atoms with Crippen LogP contribution in [0.5, 0.6) is 0 Å². The molecule has 4 aliphatic rings. The average Bonchev–Trinajstić information content (AvgIpc) is 3.32. The Bertz CT molecular complexity index is 680. The topological polar surface area (TPSA) is 90.4 Å². The van der Waals surface area contributed by atoms with Gasteiger partial charge in [-0.3, -0.25) is 0 Å². The second-order valence-electron chi connectivity index (χ2n) is 8.06. The van der Waals surface area contributed by atoms with Crippen LogP contribution < -0.4 is 7.06 Å². The summed E-state index contributed by atoms with van der Waals surface area (Å²) in [6.45, 7) is 1.42. The zero-order valence-corrected chi connectivity index (χ0v) is 18.7. The van der Waals surface area contributed by atoms with E-state index in [-0.39, 0.29) is 12.3 Å². The van der Waals surface area contributed by atoms with Crippen LogP contribution in [-0.4, -0.2) is 42.2 Å². The Morgan fingerprint density at radius 3 is 2.07 bits per heavy atom. The van der Waals surface area contributed by atoms with Crippen molar-refractivity contribution in [3.63, 3.8) is 0 Å². The number of nitrogens with one attached hydrogen (secondary N) is 2. The summed E-state index contributed by atoms with van der Waals surface area (Å²) < 4.78 is 90.4. The fourth-order valence-electron chi connectivity index (χ4n) is 4.58. The van der Waals surface area contributed by atoms with E-state index in [1.807, 2.05) is 0 Å². The molecule has 3 N–H and O–H groups in total. The fourth-order valence-corrected chi connectivity index (χ4v) is 12.3. The van der Waals surface area contributed by atoms with Crippen LogP contribution in [0.1, 0.15) is 32.6 Å². The molecule has 2 saturated heterocycles. The Kier molecular flexibility index (Phi) is 4.80. The second kappa shape index (κ2) is 6.22. The van der Waals surface area contributed by atoms with Gasteiger partial charge in [0.2, 0.25) is 0 Å². The molecular weight excluding hydrogens is 624 g/mol. The standard InChI is InChI=1S/C15H18F6I2N2O3/c1-11(22,15-23(24-15)25-15)10(26)28-9(8-5-6-2-3-7(8)4-6)12(27,13(16,17)18)14(19,20)21/h6-9,24-25,27H,2-5H2,1H3. The van der Waals surface area contributed by atoms with E-state index in [2.05, 4.69) is 7.06 Å². The van der Waals surface area contributed by atoms with Crippen LogP contribution in [-0.2, 0) is 9.53 Å². The third kappa shape index (κ3) is 2.92. The predicted octanol–water partition coefficient (Wildman–Crippen LogP) is 3.58. The van der Waals surface area contributed by atoms with Crippen molar-refractivity contribution in [2.75, 3.05) is 0 Å². The van der Waals surface area contributed by atoms with Crippen LogP contribution in [0.2, 0.25) is 0 Å². The minimum absolute atomic E-state index is 0.000526. The zero-order chi connectivity index (χ0) is 20.9. The summed E-state index contributed by atoms with van der Waals surface area (Å²) in [5, 5.41) is 10.0. The molecule has 28 heavy (non-hydrogen) atoms. The van der Waals surface area contributed by atoms with Gasteiger partial charge in [0.05, 0.1) is 0 Å². The summed E-state index contributed by atoms with van der Waals surface area (Å²) in [7, 11) is 0. The minimum atomic E-state index is -6.04. The third-order valence-corrected chi connectivity index (χ3v) is 13.5. The summed E-state index contributed by atoms with van der Waals surface area (Å²) in [5.41, 5.74) is -5.11. The Labute approximate surface area is 177 Å². The van der Waals surface area contributed by atoms with Gasteiger partial charge in [0.15, 0.2) is 0 Å². The SMILES string of the molecule is CC(I)(C(=O)OC(C1CC2CCC1C2)C(O)(C(F)(F)F)C(F)(F)F)C12NI1N2. The van der Waals surface area contributed by atoms with E-state index >= 15 is 0 Å². The second-order valence-corrected chi connectivity index (χ2v) is 14.5. The number of rotatable bonds is 5. The molecule has 13 heteroatoms. The zero-order valence-electron chi connectivity index (χ0n) is 14.4. The Hall–Kier alpha value is 0.390. The first-order valence-corrected chi connectivity index (χ1v) is 13.0. The molecule has 5 unspecified atom stereocenters. The van der Waals surface area contributed by atoms with Gasteiger partial charge < -0.3 is 0 Å². The molecule has 162 valence electrons. The molecule has 0 aromatic rings. The first kappa shape index (κ1) is 21.6. The summed E-state index contributed by atoms with van der Waals surface area (Å²) in [6.07, 6.45) is -13.0. The molecule has 4 fully saturated rings. The molecular formula is C15H18F6I2N2O3. The Balaban J connectivity index is 1.69. The van der Waals surface area contributed by atoms with E-state index in [1.54, 1.807) is 22.6 Å². The number of alkyl halides is 8. The van der Waals surface area contributed by atoms with Gasteiger partial charge in [-0.15, -0.1) is 0 Å². The number of carbonyl (C=O) groups excluding carboxylic acids is 1. The number of aliphatic hydroxyl groups is 1. The predicted molar refractivity (Wildman–Crippen MR) is 101 cm³/mol. The monoisotopic (exact) mass is 642 g/mol. The first-order valence-electron chi connectivity index (χ1n) is 8.66. The normalized spacial score (nSPS) is 35.2. The van der Waals surface area contributed by atoms with E-state index in [1.165, 1.54) is 6.92 Å². The molecule has 5 nitrogen and oxygen atoms in total. The molecule has 2 aliphatic heterocycles. The van der Waals surface area contributed by atoms with Crippen molar-refractivity contribution in [3.05, 3.63) is 0 Å². The van der Waals surface area contributed by atoms with Crippen molar-refractivity contribution in [3.8, 4) is 0 Å².